The van der Waals surface area contributed by atoms with E-state index in [-0.39, 0.29) is 11.1 Å². The van der Waals surface area contributed by atoms with E-state index in [0.717, 1.165) is 24.1 Å². The number of fused-ring (bicyclic) bond motifs is 1. The van der Waals surface area contributed by atoms with Gasteiger partial charge >= 0.3 is 0 Å². The van der Waals surface area contributed by atoms with Gasteiger partial charge in [0.15, 0.2) is 5.16 Å². The summed E-state index contributed by atoms with van der Waals surface area (Å²) in [4.78, 5) is 14.3. The maximum atomic E-state index is 12.6. The van der Waals surface area contributed by atoms with Gasteiger partial charge in [0.1, 0.15) is 0 Å². The highest BCUT2D eigenvalue weighted by Gasteiger charge is 2.12. The van der Waals surface area contributed by atoms with Crippen molar-refractivity contribution in [3.63, 3.8) is 0 Å². The average Bonchev–Trinajstić information content (AvgIpc) is 2.96. The lowest BCUT2D eigenvalue weighted by molar-refractivity contribution is 0.151. The van der Waals surface area contributed by atoms with Gasteiger partial charge in [-0.25, -0.2) is 8.78 Å². The van der Waals surface area contributed by atoms with Crippen molar-refractivity contribution in [1.82, 2.24) is 19.6 Å². The van der Waals surface area contributed by atoms with E-state index in [2.05, 4.69) is 15.2 Å². The van der Waals surface area contributed by atoms with Crippen LogP contribution in [0.5, 0.6) is 0 Å². The molecule has 2 heterocycles. The van der Waals surface area contributed by atoms with E-state index in [1.165, 1.54) is 23.9 Å². The van der Waals surface area contributed by atoms with Crippen molar-refractivity contribution in [2.75, 3.05) is 0 Å². The van der Waals surface area contributed by atoms with Crippen molar-refractivity contribution >= 4 is 17.5 Å². The van der Waals surface area contributed by atoms with Crippen LogP contribution in [-0.2, 0) is 12.2 Å². The largest absolute Gasteiger partial charge is 0.291 e. The van der Waals surface area contributed by atoms with Crippen LogP contribution in [0.1, 0.15) is 36.6 Å². The van der Waals surface area contributed by atoms with Crippen LogP contribution in [0.3, 0.4) is 0 Å². The molecule has 2 aromatic heterocycles. The Morgan fingerprint density at radius 1 is 1.25 bits per heavy atom. The molecule has 5 nitrogen and oxygen atoms in total. The highest BCUT2D eigenvalue weighted by molar-refractivity contribution is 7.98. The fraction of sp³-hybridized carbons (Fsp3) is 0.312. The molecule has 0 aliphatic carbocycles. The molecule has 0 bridgehead atoms. The van der Waals surface area contributed by atoms with E-state index in [0.29, 0.717) is 16.7 Å². The third kappa shape index (κ3) is 3.48. The van der Waals surface area contributed by atoms with E-state index in [1.54, 1.807) is 18.2 Å². The van der Waals surface area contributed by atoms with Crippen molar-refractivity contribution in [2.24, 2.45) is 0 Å². The van der Waals surface area contributed by atoms with Gasteiger partial charge in [-0.15, -0.1) is 10.2 Å². The summed E-state index contributed by atoms with van der Waals surface area (Å²) in [6, 6.07) is 7.80. The Hall–Kier alpha value is -2.22. The minimum atomic E-state index is -2.46. The van der Waals surface area contributed by atoms with Gasteiger partial charge in [0.25, 0.3) is 12.0 Å². The molecule has 0 saturated carbocycles. The van der Waals surface area contributed by atoms with Crippen molar-refractivity contribution in [3.05, 3.63) is 57.5 Å². The van der Waals surface area contributed by atoms with E-state index in [1.807, 2.05) is 11.3 Å². The highest BCUT2D eigenvalue weighted by atomic mass is 32.2. The van der Waals surface area contributed by atoms with Crippen LogP contribution in [0.2, 0.25) is 0 Å². The average molecular weight is 350 g/mol. The lowest BCUT2D eigenvalue weighted by Gasteiger charge is -2.06. The van der Waals surface area contributed by atoms with Crippen LogP contribution in [0.25, 0.3) is 5.78 Å². The molecular formula is C16H16F2N4OS. The number of benzene rings is 1. The SMILES string of the molecule is CCCc1cc(=O)[nH]c2nnc(SCc3ccc(C(F)F)cc3)n12. The number of nitrogens with zero attached hydrogens (tertiary/aromatic N) is 3. The zero-order valence-corrected chi connectivity index (χ0v) is 13.8. The summed E-state index contributed by atoms with van der Waals surface area (Å²) in [5.41, 5.74) is 1.59. The molecule has 0 fully saturated rings. The van der Waals surface area contributed by atoms with Gasteiger partial charge in [-0.1, -0.05) is 49.4 Å². The predicted molar refractivity (Wildman–Crippen MR) is 88.6 cm³/mol. The number of aromatic amines is 1. The third-order valence-corrected chi connectivity index (χ3v) is 4.56. The quantitative estimate of drug-likeness (QED) is 0.690. The number of rotatable bonds is 6. The lowest BCUT2D eigenvalue weighted by atomic mass is 10.2. The van der Waals surface area contributed by atoms with Gasteiger partial charge < -0.3 is 0 Å². The molecule has 3 rings (SSSR count). The van der Waals surface area contributed by atoms with E-state index >= 15 is 0 Å². The summed E-state index contributed by atoms with van der Waals surface area (Å²) in [5.74, 6) is 0.996. The molecule has 0 unspecified atom stereocenters. The van der Waals surface area contributed by atoms with Gasteiger partial charge in [-0.05, 0) is 12.0 Å². The number of thioether (sulfide) groups is 1. The Labute approximate surface area is 141 Å². The highest BCUT2D eigenvalue weighted by Crippen LogP contribution is 2.24. The van der Waals surface area contributed by atoms with Crippen LogP contribution < -0.4 is 5.56 Å². The van der Waals surface area contributed by atoms with Crippen LogP contribution in [-0.4, -0.2) is 19.6 Å². The van der Waals surface area contributed by atoms with Gasteiger partial charge in [-0.2, -0.15) is 0 Å². The fourth-order valence-corrected chi connectivity index (χ4v) is 3.33. The Bertz CT molecular complexity index is 889. The maximum Gasteiger partial charge on any atom is 0.263 e. The van der Waals surface area contributed by atoms with Gasteiger partial charge in [-0.3, -0.25) is 14.2 Å². The Morgan fingerprint density at radius 3 is 2.67 bits per heavy atom. The van der Waals surface area contributed by atoms with E-state index < -0.39 is 6.43 Å². The summed E-state index contributed by atoms with van der Waals surface area (Å²) in [7, 11) is 0. The third-order valence-electron chi connectivity index (χ3n) is 3.56. The van der Waals surface area contributed by atoms with Crippen LogP contribution >= 0.6 is 11.8 Å². The monoisotopic (exact) mass is 350 g/mol. The topological polar surface area (TPSA) is 63.0 Å². The zero-order valence-electron chi connectivity index (χ0n) is 13.0. The van der Waals surface area contributed by atoms with Gasteiger partial charge in [0.2, 0.25) is 5.78 Å². The smallest absolute Gasteiger partial charge is 0.263 e. The molecule has 0 amide bonds. The number of aromatic nitrogens is 4. The maximum absolute atomic E-state index is 12.6. The molecule has 3 aromatic rings. The summed E-state index contributed by atoms with van der Waals surface area (Å²) < 4.78 is 27.0. The Morgan fingerprint density at radius 2 is 2.00 bits per heavy atom. The number of aryl methyl sites for hydroxylation is 1. The van der Waals surface area contributed by atoms with E-state index in [4.69, 9.17) is 0 Å². The first-order chi connectivity index (χ1) is 11.6. The summed E-state index contributed by atoms with van der Waals surface area (Å²) >= 11 is 1.45. The first-order valence-corrected chi connectivity index (χ1v) is 8.54. The second-order valence-electron chi connectivity index (χ2n) is 5.35. The second kappa shape index (κ2) is 7.12. The van der Waals surface area contributed by atoms with Crippen molar-refractivity contribution in [2.45, 2.75) is 37.1 Å². The number of hydrogen-bond acceptors (Lipinski definition) is 4. The molecule has 0 aliphatic heterocycles. The number of alkyl halides is 2. The zero-order chi connectivity index (χ0) is 17.1. The molecule has 24 heavy (non-hydrogen) atoms. The molecule has 0 spiro atoms. The molecule has 126 valence electrons. The van der Waals surface area contributed by atoms with Crippen LogP contribution in [0, 0.1) is 0 Å². The molecule has 1 N–H and O–H groups in total. The molecular weight excluding hydrogens is 334 g/mol. The van der Waals surface area contributed by atoms with Crippen molar-refractivity contribution in [1.29, 1.82) is 0 Å². The Kier molecular flexibility index (Phi) is 4.94. The lowest BCUT2D eigenvalue weighted by Crippen LogP contribution is -2.11. The van der Waals surface area contributed by atoms with Gasteiger partial charge in [0, 0.05) is 23.1 Å². The molecule has 8 heteroatoms. The van der Waals surface area contributed by atoms with Crippen molar-refractivity contribution in [3.8, 4) is 0 Å². The molecule has 1 aromatic carbocycles. The number of H-pyrrole nitrogens is 1. The first-order valence-electron chi connectivity index (χ1n) is 7.55. The van der Waals surface area contributed by atoms with Crippen LogP contribution in [0.4, 0.5) is 8.78 Å². The number of hydrogen-bond donors (Lipinski definition) is 1. The molecule has 0 aliphatic rings. The minimum Gasteiger partial charge on any atom is -0.291 e. The summed E-state index contributed by atoms with van der Waals surface area (Å²) in [6.07, 6.45) is -0.814. The molecule has 0 saturated heterocycles. The normalized spacial score (nSPS) is 11.5. The fourth-order valence-electron chi connectivity index (χ4n) is 2.41. The molecule has 0 radical (unpaired) electrons. The standard InChI is InChI=1S/C16H16F2N4OS/c1-2-3-12-8-13(23)19-15-20-21-16(22(12)15)24-9-10-4-6-11(7-5-10)14(17)18/h4-8,14H,2-3,9H2,1H3,(H,19,20,23). The van der Waals surface area contributed by atoms with Crippen molar-refractivity contribution < 1.29 is 8.78 Å². The van der Waals surface area contributed by atoms with Gasteiger partial charge in [0.05, 0.1) is 0 Å². The molecule has 0 atom stereocenters. The summed E-state index contributed by atoms with van der Waals surface area (Å²) in [6.45, 7) is 2.04. The Balaban J connectivity index is 1.83. The summed E-state index contributed by atoms with van der Waals surface area (Å²) in [5, 5.41) is 8.80. The number of halogens is 2. The number of nitrogens with one attached hydrogen (secondary N) is 1. The predicted octanol–water partition coefficient (Wildman–Crippen LogP) is 3.60. The second-order valence-corrected chi connectivity index (χ2v) is 6.29. The van der Waals surface area contributed by atoms with E-state index in [9.17, 15) is 13.6 Å². The minimum absolute atomic E-state index is 0.0134. The first kappa shape index (κ1) is 16.6. The van der Waals surface area contributed by atoms with Crippen LogP contribution in [0.15, 0.2) is 40.3 Å².